The van der Waals surface area contributed by atoms with Gasteiger partial charge in [-0.25, -0.2) is 4.79 Å². The van der Waals surface area contributed by atoms with E-state index in [9.17, 15) is 4.79 Å². The molecule has 0 unspecified atom stereocenters. The van der Waals surface area contributed by atoms with Crippen LogP contribution in [0.3, 0.4) is 0 Å². The van der Waals surface area contributed by atoms with Gasteiger partial charge in [-0.2, -0.15) is 0 Å². The lowest BCUT2D eigenvalue weighted by Gasteiger charge is -2.45. The van der Waals surface area contributed by atoms with Crippen LogP contribution in [0.2, 0.25) is 0 Å². The number of carbonyl (C=O) groups is 1. The highest BCUT2D eigenvalue weighted by atomic mass is 32.1. The van der Waals surface area contributed by atoms with Crippen molar-refractivity contribution in [1.29, 1.82) is 0 Å². The number of ether oxygens (including phenoxy) is 1. The van der Waals surface area contributed by atoms with E-state index in [1.165, 1.54) is 26.1 Å². The fourth-order valence-electron chi connectivity index (χ4n) is 5.45. The van der Waals surface area contributed by atoms with Crippen molar-refractivity contribution in [3.05, 3.63) is 70.6 Å². The Kier molecular flexibility index (Phi) is 4.54. The molecule has 2 aromatic carbocycles. The minimum absolute atomic E-state index is 0.0419. The van der Waals surface area contributed by atoms with E-state index in [0.29, 0.717) is 12.5 Å². The standard InChI is InChI=1S/C25H26N2O2S/c28-25(29-21-16-26-12-9-18(21)10-13-26)27-14-11-17-5-1-3-7-20(17)24(27)23-15-19-6-2-4-8-22(19)30-23/h1-8,15,18,21,24H,9-14,16H2/t21-,24-/m1/s1. The van der Waals surface area contributed by atoms with E-state index in [1.54, 1.807) is 11.3 Å². The molecular weight excluding hydrogens is 392 g/mol. The van der Waals surface area contributed by atoms with Gasteiger partial charge in [0, 0.05) is 22.7 Å². The fourth-order valence-corrected chi connectivity index (χ4v) is 6.65. The first-order chi connectivity index (χ1) is 14.8. The summed E-state index contributed by atoms with van der Waals surface area (Å²) < 4.78 is 7.42. The Morgan fingerprint density at radius 1 is 1.00 bits per heavy atom. The van der Waals surface area contributed by atoms with Gasteiger partial charge in [0.2, 0.25) is 0 Å². The van der Waals surface area contributed by atoms with Gasteiger partial charge in [0.05, 0.1) is 6.04 Å². The number of piperidine rings is 3. The number of hydrogen-bond donors (Lipinski definition) is 0. The van der Waals surface area contributed by atoms with Gasteiger partial charge in [0.1, 0.15) is 6.10 Å². The molecule has 154 valence electrons. The SMILES string of the molecule is O=C(O[C@@H]1CN2CCC1CC2)N1CCc2ccccc2[C@@H]1c1cc2ccccc2s1. The van der Waals surface area contributed by atoms with Gasteiger partial charge in [0.25, 0.3) is 0 Å². The van der Waals surface area contributed by atoms with E-state index in [2.05, 4.69) is 59.5 Å². The van der Waals surface area contributed by atoms with E-state index in [1.807, 2.05) is 4.90 Å². The predicted molar refractivity (Wildman–Crippen MR) is 120 cm³/mol. The highest BCUT2D eigenvalue weighted by Gasteiger charge is 2.40. The lowest BCUT2D eigenvalue weighted by Crippen LogP contribution is -2.53. The second kappa shape index (κ2) is 7.40. The first-order valence-corrected chi connectivity index (χ1v) is 11.8. The third-order valence-corrected chi connectivity index (χ3v) is 8.25. The topological polar surface area (TPSA) is 32.8 Å². The average molecular weight is 419 g/mol. The van der Waals surface area contributed by atoms with Gasteiger partial charge in [-0.15, -0.1) is 11.3 Å². The summed E-state index contributed by atoms with van der Waals surface area (Å²) in [5, 5.41) is 1.24. The Labute approximate surface area is 181 Å². The van der Waals surface area contributed by atoms with Gasteiger partial charge < -0.3 is 4.74 Å². The number of amides is 1. The molecule has 5 heterocycles. The van der Waals surface area contributed by atoms with E-state index >= 15 is 0 Å². The molecule has 7 rings (SSSR count). The van der Waals surface area contributed by atoms with Gasteiger partial charge in [-0.1, -0.05) is 42.5 Å². The third kappa shape index (κ3) is 3.12. The zero-order chi connectivity index (χ0) is 20.1. The van der Waals surface area contributed by atoms with Crippen molar-refractivity contribution in [2.75, 3.05) is 26.2 Å². The van der Waals surface area contributed by atoms with Crippen LogP contribution in [0.25, 0.3) is 10.1 Å². The molecule has 0 saturated carbocycles. The summed E-state index contributed by atoms with van der Waals surface area (Å²) in [7, 11) is 0. The van der Waals surface area contributed by atoms with Crippen molar-refractivity contribution < 1.29 is 9.53 Å². The highest BCUT2D eigenvalue weighted by Crippen LogP contribution is 2.41. The Bertz CT molecular complexity index is 1050. The number of thiophene rings is 1. The van der Waals surface area contributed by atoms with Gasteiger partial charge >= 0.3 is 6.09 Å². The highest BCUT2D eigenvalue weighted by molar-refractivity contribution is 7.19. The summed E-state index contributed by atoms with van der Waals surface area (Å²) in [6.45, 7) is 3.91. The largest absolute Gasteiger partial charge is 0.444 e. The zero-order valence-corrected chi connectivity index (χ0v) is 17.8. The molecule has 3 saturated heterocycles. The van der Waals surface area contributed by atoms with Crippen molar-refractivity contribution in [3.63, 3.8) is 0 Å². The van der Waals surface area contributed by atoms with Crippen LogP contribution >= 0.6 is 11.3 Å². The first kappa shape index (κ1) is 18.4. The molecule has 1 amide bonds. The Balaban J connectivity index is 1.34. The van der Waals surface area contributed by atoms with Crippen LogP contribution in [0.15, 0.2) is 54.6 Å². The van der Waals surface area contributed by atoms with Crippen molar-refractivity contribution >= 4 is 27.5 Å². The lowest BCUT2D eigenvalue weighted by molar-refractivity contribution is -0.0461. The molecular formula is C25H26N2O2S. The molecule has 4 aliphatic heterocycles. The molecule has 0 aliphatic carbocycles. The van der Waals surface area contributed by atoms with Crippen LogP contribution in [-0.2, 0) is 11.2 Å². The molecule has 2 atom stereocenters. The van der Waals surface area contributed by atoms with E-state index in [-0.39, 0.29) is 18.2 Å². The number of fused-ring (bicyclic) bond motifs is 5. The number of nitrogens with zero attached hydrogens (tertiary/aromatic N) is 2. The molecule has 1 aromatic heterocycles. The quantitative estimate of drug-likeness (QED) is 0.582. The minimum Gasteiger partial charge on any atom is -0.444 e. The van der Waals surface area contributed by atoms with Gasteiger partial charge in [-0.3, -0.25) is 9.80 Å². The number of hydrogen-bond acceptors (Lipinski definition) is 4. The first-order valence-electron chi connectivity index (χ1n) is 11.0. The van der Waals surface area contributed by atoms with Crippen LogP contribution in [-0.4, -0.2) is 48.2 Å². The molecule has 0 spiro atoms. The molecule has 5 heteroatoms. The van der Waals surface area contributed by atoms with Crippen molar-refractivity contribution in [1.82, 2.24) is 9.80 Å². The van der Waals surface area contributed by atoms with E-state index in [0.717, 1.165) is 38.9 Å². The second-order valence-electron chi connectivity index (χ2n) is 8.79. The number of benzene rings is 2. The number of rotatable bonds is 2. The Morgan fingerprint density at radius 3 is 2.60 bits per heavy atom. The maximum Gasteiger partial charge on any atom is 0.410 e. The Hall–Kier alpha value is -2.37. The van der Waals surface area contributed by atoms with Gasteiger partial charge in [0.15, 0.2) is 0 Å². The van der Waals surface area contributed by atoms with Crippen molar-refractivity contribution in [3.8, 4) is 0 Å². The van der Waals surface area contributed by atoms with Crippen molar-refractivity contribution in [2.24, 2.45) is 5.92 Å². The van der Waals surface area contributed by atoms with Crippen LogP contribution in [0.1, 0.15) is 34.9 Å². The molecule has 3 fully saturated rings. The van der Waals surface area contributed by atoms with Crippen LogP contribution in [0.4, 0.5) is 4.79 Å². The Morgan fingerprint density at radius 2 is 1.80 bits per heavy atom. The van der Waals surface area contributed by atoms with E-state index in [4.69, 9.17) is 4.74 Å². The molecule has 0 N–H and O–H groups in total. The van der Waals surface area contributed by atoms with Crippen molar-refractivity contribution in [2.45, 2.75) is 31.4 Å². The fraction of sp³-hybridized carbons (Fsp3) is 0.400. The van der Waals surface area contributed by atoms with E-state index < -0.39 is 0 Å². The van der Waals surface area contributed by atoms with Crippen LogP contribution in [0, 0.1) is 5.92 Å². The summed E-state index contributed by atoms with van der Waals surface area (Å²) >= 11 is 1.79. The summed E-state index contributed by atoms with van der Waals surface area (Å²) in [6, 6.07) is 19.2. The van der Waals surface area contributed by atoms with Crippen LogP contribution in [0.5, 0.6) is 0 Å². The van der Waals surface area contributed by atoms with Crippen LogP contribution < -0.4 is 0 Å². The molecule has 2 bridgehead atoms. The third-order valence-electron chi connectivity index (χ3n) is 7.08. The zero-order valence-electron chi connectivity index (χ0n) is 17.0. The summed E-state index contributed by atoms with van der Waals surface area (Å²) in [5.74, 6) is 0.527. The monoisotopic (exact) mass is 418 g/mol. The van der Waals surface area contributed by atoms with Gasteiger partial charge in [-0.05, 0) is 66.9 Å². The second-order valence-corrected chi connectivity index (χ2v) is 9.91. The smallest absolute Gasteiger partial charge is 0.410 e. The lowest BCUT2D eigenvalue weighted by atomic mass is 9.86. The maximum absolute atomic E-state index is 13.4. The summed E-state index contributed by atoms with van der Waals surface area (Å²) in [4.78, 5) is 19.1. The summed E-state index contributed by atoms with van der Waals surface area (Å²) in [5.41, 5.74) is 2.58. The normalized spacial score (nSPS) is 27.8. The summed E-state index contributed by atoms with van der Waals surface area (Å²) in [6.07, 6.45) is 3.08. The molecule has 4 aliphatic rings. The maximum atomic E-state index is 13.4. The number of carbonyl (C=O) groups excluding carboxylic acids is 1. The predicted octanol–water partition coefficient (Wildman–Crippen LogP) is 5.08. The molecule has 4 nitrogen and oxygen atoms in total. The average Bonchev–Trinajstić information content (AvgIpc) is 3.23. The minimum atomic E-state index is -0.147. The molecule has 30 heavy (non-hydrogen) atoms. The molecule has 0 radical (unpaired) electrons. The molecule has 3 aromatic rings.